The Morgan fingerprint density at radius 3 is 2.05 bits per heavy atom. The predicted octanol–water partition coefficient (Wildman–Crippen LogP) is 3.94. The van der Waals surface area contributed by atoms with Crippen molar-refractivity contribution >= 4 is 35.4 Å². The molecule has 5 unspecified atom stereocenters. The lowest BCUT2D eigenvalue weighted by atomic mass is 9.80. The number of esters is 2. The number of aliphatic carboxylic acids is 1. The molecule has 10 heteroatoms. The highest BCUT2D eigenvalue weighted by Gasteiger charge is 2.48. The molecule has 1 fully saturated rings. The number of hydrogen-bond acceptors (Lipinski definition) is 8. The van der Waals surface area contributed by atoms with Crippen LogP contribution in [0, 0.1) is 29.6 Å². The van der Waals surface area contributed by atoms with Gasteiger partial charge in [-0.3, -0.25) is 24.0 Å². The SMILES string of the molecule is CCCCOC(=O)C(CC(C)C(=O)O)CC(CC1C(=O)N(c2c(CC)cccc2CC)C(=O)C1C)C(=O)OCCO. The van der Waals surface area contributed by atoms with Crippen LogP contribution in [0.3, 0.4) is 0 Å². The number of ether oxygens (including phenoxy) is 2. The van der Waals surface area contributed by atoms with Crippen LogP contribution in [0.15, 0.2) is 18.2 Å². The van der Waals surface area contributed by atoms with E-state index >= 15 is 0 Å². The molecule has 1 aliphatic rings. The number of aliphatic hydroxyl groups is 1. The van der Waals surface area contributed by atoms with Crippen molar-refractivity contribution in [3.63, 3.8) is 0 Å². The van der Waals surface area contributed by atoms with Crippen LogP contribution in [0.4, 0.5) is 5.69 Å². The Kier molecular flexibility index (Phi) is 13.4. The van der Waals surface area contributed by atoms with Gasteiger partial charge in [-0.1, -0.05) is 59.2 Å². The molecule has 1 saturated heterocycles. The van der Waals surface area contributed by atoms with Crippen molar-refractivity contribution in [2.24, 2.45) is 29.6 Å². The highest BCUT2D eigenvalue weighted by Crippen LogP contribution is 2.39. The maximum atomic E-state index is 13.8. The summed E-state index contributed by atoms with van der Waals surface area (Å²) in [5.41, 5.74) is 2.33. The summed E-state index contributed by atoms with van der Waals surface area (Å²) in [6.45, 7) is 8.48. The predicted molar refractivity (Wildman–Crippen MR) is 152 cm³/mol. The van der Waals surface area contributed by atoms with E-state index in [9.17, 15) is 34.2 Å². The number of anilines is 1. The molecule has 0 aliphatic carbocycles. The van der Waals surface area contributed by atoms with Gasteiger partial charge in [0, 0.05) is 5.92 Å². The molecule has 0 saturated carbocycles. The van der Waals surface area contributed by atoms with Crippen LogP contribution in [0.25, 0.3) is 0 Å². The third-order valence-electron chi connectivity index (χ3n) is 7.85. The fourth-order valence-corrected chi connectivity index (χ4v) is 5.35. The third-order valence-corrected chi connectivity index (χ3v) is 7.85. The van der Waals surface area contributed by atoms with E-state index in [-0.39, 0.29) is 38.4 Å². The van der Waals surface area contributed by atoms with E-state index in [0.29, 0.717) is 24.9 Å². The molecule has 1 aromatic carbocycles. The van der Waals surface area contributed by atoms with Gasteiger partial charge in [0.25, 0.3) is 0 Å². The van der Waals surface area contributed by atoms with Gasteiger partial charge < -0.3 is 19.7 Å². The zero-order valence-electron chi connectivity index (χ0n) is 24.9. The van der Waals surface area contributed by atoms with Crippen LogP contribution in [0.1, 0.15) is 77.8 Å². The molecule has 10 nitrogen and oxygen atoms in total. The monoisotopic (exact) mass is 575 g/mol. The quantitative estimate of drug-likeness (QED) is 0.160. The van der Waals surface area contributed by atoms with E-state index in [1.807, 2.05) is 39.0 Å². The molecule has 1 heterocycles. The maximum absolute atomic E-state index is 13.8. The van der Waals surface area contributed by atoms with Gasteiger partial charge in [0.15, 0.2) is 0 Å². The zero-order valence-corrected chi connectivity index (χ0v) is 24.9. The molecule has 228 valence electrons. The van der Waals surface area contributed by atoms with Gasteiger partial charge in [-0.15, -0.1) is 0 Å². The maximum Gasteiger partial charge on any atom is 0.309 e. The summed E-state index contributed by atoms with van der Waals surface area (Å²) in [6, 6.07) is 5.68. The van der Waals surface area contributed by atoms with Crippen LogP contribution >= 0.6 is 0 Å². The minimum Gasteiger partial charge on any atom is -0.481 e. The molecule has 5 atom stereocenters. The summed E-state index contributed by atoms with van der Waals surface area (Å²) in [5.74, 6) is -7.57. The van der Waals surface area contributed by atoms with E-state index in [4.69, 9.17) is 9.47 Å². The largest absolute Gasteiger partial charge is 0.481 e. The van der Waals surface area contributed by atoms with E-state index in [2.05, 4.69) is 0 Å². The van der Waals surface area contributed by atoms with Gasteiger partial charge >= 0.3 is 17.9 Å². The number of carbonyl (C=O) groups excluding carboxylic acids is 4. The lowest BCUT2D eigenvalue weighted by molar-refractivity contribution is -0.155. The van der Waals surface area contributed by atoms with Crippen LogP contribution in [-0.2, 0) is 46.3 Å². The molecule has 2 amide bonds. The van der Waals surface area contributed by atoms with Crippen LogP contribution in [-0.4, -0.2) is 59.8 Å². The number of hydrogen-bond donors (Lipinski definition) is 2. The molecule has 0 spiro atoms. The molecule has 41 heavy (non-hydrogen) atoms. The Bertz CT molecular complexity index is 1060. The fraction of sp³-hybridized carbons (Fsp3) is 0.645. The van der Waals surface area contributed by atoms with Crippen molar-refractivity contribution in [2.75, 3.05) is 24.7 Å². The molecular weight excluding hydrogens is 530 g/mol. The van der Waals surface area contributed by atoms with E-state index in [0.717, 1.165) is 17.5 Å². The van der Waals surface area contributed by atoms with Gasteiger partial charge in [-0.2, -0.15) is 0 Å². The Morgan fingerprint density at radius 2 is 1.51 bits per heavy atom. The van der Waals surface area contributed by atoms with Crippen molar-refractivity contribution in [3.05, 3.63) is 29.3 Å². The lowest BCUT2D eigenvalue weighted by Crippen LogP contribution is -2.34. The molecule has 1 aliphatic heterocycles. The van der Waals surface area contributed by atoms with Gasteiger partial charge in [-0.05, 0) is 49.7 Å². The van der Waals surface area contributed by atoms with Crippen LogP contribution in [0.5, 0.6) is 0 Å². The number of rotatable bonds is 17. The number of nitrogens with zero attached hydrogens (tertiary/aromatic N) is 1. The number of carboxylic acids is 1. The van der Waals surface area contributed by atoms with Crippen molar-refractivity contribution in [1.82, 2.24) is 0 Å². The highest BCUT2D eigenvalue weighted by atomic mass is 16.5. The normalized spacial score (nSPS) is 19.1. The van der Waals surface area contributed by atoms with Crippen molar-refractivity contribution in [3.8, 4) is 0 Å². The average Bonchev–Trinajstić information content (AvgIpc) is 3.16. The number of para-hydroxylation sites is 1. The summed E-state index contributed by atoms with van der Waals surface area (Å²) in [7, 11) is 0. The molecule has 0 bridgehead atoms. The van der Waals surface area contributed by atoms with Crippen molar-refractivity contribution in [1.29, 1.82) is 0 Å². The molecular formula is C31H45NO9. The first-order chi connectivity index (χ1) is 19.5. The number of benzene rings is 1. The molecule has 1 aromatic rings. The van der Waals surface area contributed by atoms with Crippen molar-refractivity contribution < 1.29 is 43.7 Å². The van der Waals surface area contributed by atoms with Gasteiger partial charge in [0.2, 0.25) is 11.8 Å². The van der Waals surface area contributed by atoms with Gasteiger partial charge in [0.05, 0.1) is 42.6 Å². The summed E-state index contributed by atoms with van der Waals surface area (Å²) in [6.07, 6.45) is 2.45. The average molecular weight is 576 g/mol. The van der Waals surface area contributed by atoms with E-state index < -0.39 is 60.0 Å². The Morgan fingerprint density at radius 1 is 0.927 bits per heavy atom. The minimum atomic E-state index is -1.09. The number of aliphatic hydroxyl groups excluding tert-OH is 1. The molecule has 2 N–H and O–H groups in total. The third kappa shape index (κ3) is 8.61. The highest BCUT2D eigenvalue weighted by molar-refractivity contribution is 6.22. The summed E-state index contributed by atoms with van der Waals surface area (Å²) >= 11 is 0. The Labute approximate surface area is 242 Å². The number of carboxylic acid groups (broad SMARTS) is 1. The zero-order chi connectivity index (χ0) is 30.7. The first-order valence-electron chi connectivity index (χ1n) is 14.7. The number of carbonyl (C=O) groups is 5. The second-order valence-electron chi connectivity index (χ2n) is 10.8. The Balaban J connectivity index is 2.42. The molecule has 0 aromatic heterocycles. The first-order valence-corrected chi connectivity index (χ1v) is 14.7. The summed E-state index contributed by atoms with van der Waals surface area (Å²) in [4.78, 5) is 66.3. The van der Waals surface area contributed by atoms with E-state index in [1.165, 1.54) is 11.8 Å². The van der Waals surface area contributed by atoms with Crippen LogP contribution < -0.4 is 4.90 Å². The molecule has 2 rings (SSSR count). The minimum absolute atomic E-state index is 0.0625. The standard InChI is InChI=1S/C31H45NO9/c1-6-9-14-40-30(38)23(16-19(4)29(36)37)17-24(31(39)41-15-13-33)18-25-20(5)27(34)32(28(25)35)26-21(7-2)11-10-12-22(26)8-3/h10-12,19-20,23-25,33H,6-9,13-18H2,1-5H3,(H,36,37). The topological polar surface area (TPSA) is 148 Å². The second kappa shape index (κ2) is 16.2. The van der Waals surface area contributed by atoms with Gasteiger partial charge in [0.1, 0.15) is 6.61 Å². The summed E-state index contributed by atoms with van der Waals surface area (Å²) < 4.78 is 10.6. The molecule has 0 radical (unpaired) electrons. The fourth-order valence-electron chi connectivity index (χ4n) is 5.35. The van der Waals surface area contributed by atoms with Crippen LogP contribution in [0.2, 0.25) is 0 Å². The smallest absolute Gasteiger partial charge is 0.309 e. The van der Waals surface area contributed by atoms with Crippen molar-refractivity contribution in [2.45, 2.75) is 79.6 Å². The number of amides is 2. The lowest BCUT2D eigenvalue weighted by Gasteiger charge is -2.25. The number of imide groups is 1. The Hall–Kier alpha value is -3.27. The summed E-state index contributed by atoms with van der Waals surface area (Å²) in [5, 5.41) is 18.7. The number of unbranched alkanes of at least 4 members (excludes halogenated alkanes) is 1. The number of aryl methyl sites for hydroxylation is 2. The van der Waals surface area contributed by atoms with E-state index in [1.54, 1.807) is 6.92 Å². The van der Waals surface area contributed by atoms with Gasteiger partial charge in [-0.25, -0.2) is 4.90 Å². The second-order valence-corrected chi connectivity index (χ2v) is 10.8. The first kappa shape index (κ1) is 33.9.